The Labute approximate surface area is 143 Å². The van der Waals surface area contributed by atoms with E-state index in [0.717, 1.165) is 17.1 Å². The van der Waals surface area contributed by atoms with Crippen molar-refractivity contribution < 1.29 is 9.47 Å². The van der Waals surface area contributed by atoms with Crippen LogP contribution in [0.15, 0.2) is 36.4 Å². The van der Waals surface area contributed by atoms with Crippen molar-refractivity contribution in [3.63, 3.8) is 0 Å². The Kier molecular flexibility index (Phi) is 4.57. The number of rotatable bonds is 3. The number of hydrogen-bond acceptors (Lipinski definition) is 3. The third-order valence-corrected chi connectivity index (χ3v) is 4.16. The summed E-state index contributed by atoms with van der Waals surface area (Å²) in [5, 5.41) is 7.51. The standard InChI is InChI=1S/C15H12Cl2N2O2S/c16-10-2-1-3-11(14(10)17)19-15(22)18-7-9-4-5-12-13(6-9)21-8-20-12/h1-6H,7-8H2,(H2,18,19,22). The normalized spacial score (nSPS) is 12.1. The van der Waals surface area contributed by atoms with Gasteiger partial charge in [0.15, 0.2) is 16.6 Å². The Morgan fingerprint density at radius 1 is 1.14 bits per heavy atom. The number of hydrogen-bond donors (Lipinski definition) is 2. The fraction of sp³-hybridized carbons (Fsp3) is 0.133. The molecule has 0 spiro atoms. The summed E-state index contributed by atoms with van der Waals surface area (Å²) in [6, 6.07) is 11.1. The smallest absolute Gasteiger partial charge is 0.231 e. The van der Waals surface area contributed by atoms with Gasteiger partial charge in [0, 0.05) is 6.54 Å². The molecule has 1 heterocycles. The topological polar surface area (TPSA) is 42.5 Å². The van der Waals surface area contributed by atoms with Crippen LogP contribution in [-0.4, -0.2) is 11.9 Å². The van der Waals surface area contributed by atoms with Gasteiger partial charge in [-0.05, 0) is 42.0 Å². The lowest BCUT2D eigenvalue weighted by Gasteiger charge is -2.12. The maximum Gasteiger partial charge on any atom is 0.231 e. The molecule has 0 atom stereocenters. The zero-order chi connectivity index (χ0) is 15.5. The molecule has 7 heteroatoms. The van der Waals surface area contributed by atoms with Gasteiger partial charge in [-0.2, -0.15) is 0 Å². The van der Waals surface area contributed by atoms with Crippen LogP contribution in [0.2, 0.25) is 10.0 Å². The predicted molar refractivity (Wildman–Crippen MR) is 92.1 cm³/mol. The molecule has 2 aromatic carbocycles. The second-order valence-electron chi connectivity index (χ2n) is 4.60. The molecule has 22 heavy (non-hydrogen) atoms. The Hall–Kier alpha value is -1.69. The number of anilines is 1. The van der Waals surface area contributed by atoms with Gasteiger partial charge in [-0.15, -0.1) is 0 Å². The summed E-state index contributed by atoms with van der Waals surface area (Å²) in [7, 11) is 0. The molecule has 3 rings (SSSR count). The highest BCUT2D eigenvalue weighted by atomic mass is 35.5. The van der Waals surface area contributed by atoms with E-state index >= 15 is 0 Å². The van der Waals surface area contributed by atoms with Gasteiger partial charge in [-0.25, -0.2) is 0 Å². The molecule has 4 nitrogen and oxygen atoms in total. The van der Waals surface area contributed by atoms with Crippen molar-refractivity contribution in [1.29, 1.82) is 0 Å². The van der Waals surface area contributed by atoms with Gasteiger partial charge in [0.25, 0.3) is 0 Å². The van der Waals surface area contributed by atoms with E-state index in [1.54, 1.807) is 12.1 Å². The summed E-state index contributed by atoms with van der Waals surface area (Å²) in [5.41, 5.74) is 1.70. The summed E-state index contributed by atoms with van der Waals surface area (Å²) in [5.74, 6) is 1.51. The minimum atomic E-state index is 0.263. The molecule has 0 bridgehead atoms. The van der Waals surface area contributed by atoms with Gasteiger partial charge < -0.3 is 20.1 Å². The molecule has 114 valence electrons. The number of nitrogens with one attached hydrogen (secondary N) is 2. The van der Waals surface area contributed by atoms with E-state index in [0.29, 0.717) is 27.4 Å². The zero-order valence-electron chi connectivity index (χ0n) is 11.4. The van der Waals surface area contributed by atoms with Crippen LogP contribution >= 0.6 is 35.4 Å². The Balaban J connectivity index is 1.59. The molecule has 0 unspecified atom stereocenters. The number of fused-ring (bicyclic) bond motifs is 1. The minimum Gasteiger partial charge on any atom is -0.454 e. The lowest BCUT2D eigenvalue weighted by Crippen LogP contribution is -2.28. The first-order valence-corrected chi connectivity index (χ1v) is 7.67. The number of benzene rings is 2. The molecule has 1 aliphatic rings. The molecule has 1 aliphatic heterocycles. The van der Waals surface area contributed by atoms with Crippen LogP contribution in [0.3, 0.4) is 0 Å². The van der Waals surface area contributed by atoms with E-state index in [1.165, 1.54) is 0 Å². The van der Waals surface area contributed by atoms with E-state index in [4.69, 9.17) is 44.9 Å². The third-order valence-electron chi connectivity index (χ3n) is 3.09. The summed E-state index contributed by atoms with van der Waals surface area (Å²) in [4.78, 5) is 0. The average Bonchev–Trinajstić information content (AvgIpc) is 2.97. The Morgan fingerprint density at radius 2 is 1.95 bits per heavy atom. The Bertz CT molecular complexity index is 725. The molecule has 0 saturated carbocycles. The highest BCUT2D eigenvalue weighted by Gasteiger charge is 2.13. The van der Waals surface area contributed by atoms with Gasteiger partial charge in [-0.3, -0.25) is 0 Å². The monoisotopic (exact) mass is 354 g/mol. The largest absolute Gasteiger partial charge is 0.454 e. The van der Waals surface area contributed by atoms with Gasteiger partial charge in [-0.1, -0.05) is 35.3 Å². The molecular weight excluding hydrogens is 343 g/mol. The van der Waals surface area contributed by atoms with Crippen molar-refractivity contribution in [2.75, 3.05) is 12.1 Å². The molecule has 2 aromatic rings. The van der Waals surface area contributed by atoms with E-state index in [-0.39, 0.29) is 6.79 Å². The summed E-state index contributed by atoms with van der Waals surface area (Å²) < 4.78 is 10.6. The van der Waals surface area contributed by atoms with Crippen LogP contribution in [0.4, 0.5) is 5.69 Å². The van der Waals surface area contributed by atoms with Crippen molar-refractivity contribution in [1.82, 2.24) is 5.32 Å². The van der Waals surface area contributed by atoms with E-state index in [2.05, 4.69) is 10.6 Å². The Morgan fingerprint density at radius 3 is 2.82 bits per heavy atom. The van der Waals surface area contributed by atoms with Crippen molar-refractivity contribution in [3.8, 4) is 11.5 Å². The molecular formula is C15H12Cl2N2O2S. The molecule has 0 amide bonds. The van der Waals surface area contributed by atoms with Crippen molar-refractivity contribution >= 4 is 46.2 Å². The minimum absolute atomic E-state index is 0.263. The number of ether oxygens (including phenoxy) is 2. The van der Waals surface area contributed by atoms with Crippen molar-refractivity contribution in [3.05, 3.63) is 52.0 Å². The molecule has 0 radical (unpaired) electrons. The number of thiocarbonyl (C=S) groups is 1. The number of halogens is 2. The van der Waals surface area contributed by atoms with Gasteiger partial charge in [0.2, 0.25) is 6.79 Å². The van der Waals surface area contributed by atoms with Crippen LogP contribution in [-0.2, 0) is 6.54 Å². The SMILES string of the molecule is S=C(NCc1ccc2c(c1)OCO2)Nc1cccc(Cl)c1Cl. The van der Waals surface area contributed by atoms with Crippen molar-refractivity contribution in [2.45, 2.75) is 6.54 Å². The van der Waals surface area contributed by atoms with Gasteiger partial charge >= 0.3 is 0 Å². The summed E-state index contributed by atoms with van der Waals surface area (Å²) in [6.45, 7) is 0.820. The fourth-order valence-corrected chi connectivity index (χ4v) is 2.53. The highest BCUT2D eigenvalue weighted by Crippen LogP contribution is 2.32. The predicted octanol–water partition coefficient (Wildman–Crippen LogP) is 4.21. The molecule has 0 fully saturated rings. The first-order valence-electron chi connectivity index (χ1n) is 6.51. The second-order valence-corrected chi connectivity index (χ2v) is 5.79. The van der Waals surface area contributed by atoms with E-state index in [1.807, 2.05) is 24.3 Å². The lowest BCUT2D eigenvalue weighted by molar-refractivity contribution is 0.174. The maximum absolute atomic E-state index is 6.11. The fourth-order valence-electron chi connectivity index (χ4n) is 2.00. The first kappa shape index (κ1) is 15.2. The first-order chi connectivity index (χ1) is 10.6. The van der Waals surface area contributed by atoms with E-state index in [9.17, 15) is 0 Å². The van der Waals surface area contributed by atoms with Crippen LogP contribution in [0.1, 0.15) is 5.56 Å². The summed E-state index contributed by atoms with van der Waals surface area (Å²) in [6.07, 6.45) is 0. The van der Waals surface area contributed by atoms with E-state index < -0.39 is 0 Å². The van der Waals surface area contributed by atoms with Crippen LogP contribution < -0.4 is 20.1 Å². The van der Waals surface area contributed by atoms with Crippen LogP contribution in [0.25, 0.3) is 0 Å². The van der Waals surface area contributed by atoms with Gasteiger partial charge in [0.05, 0.1) is 15.7 Å². The molecule has 0 aliphatic carbocycles. The average molecular weight is 355 g/mol. The zero-order valence-corrected chi connectivity index (χ0v) is 13.7. The summed E-state index contributed by atoms with van der Waals surface area (Å²) >= 11 is 17.3. The van der Waals surface area contributed by atoms with Crippen LogP contribution in [0, 0.1) is 0 Å². The molecule has 0 saturated heterocycles. The highest BCUT2D eigenvalue weighted by molar-refractivity contribution is 7.80. The lowest BCUT2D eigenvalue weighted by atomic mass is 10.2. The van der Waals surface area contributed by atoms with Crippen molar-refractivity contribution in [2.24, 2.45) is 0 Å². The van der Waals surface area contributed by atoms with Gasteiger partial charge in [0.1, 0.15) is 0 Å². The molecule has 0 aromatic heterocycles. The quantitative estimate of drug-likeness (QED) is 0.808. The third kappa shape index (κ3) is 3.38. The maximum atomic E-state index is 6.11. The van der Waals surface area contributed by atoms with Crippen LogP contribution in [0.5, 0.6) is 11.5 Å². The second kappa shape index (κ2) is 6.60. The molecule has 2 N–H and O–H groups in total.